The van der Waals surface area contributed by atoms with E-state index in [-0.39, 0.29) is 24.6 Å². The molecule has 0 aliphatic heterocycles. The number of halogens is 1. The fraction of sp³-hybridized carbons (Fsp3) is 0.208. The molecule has 2 aromatic carbocycles. The Labute approximate surface area is 206 Å². The summed E-state index contributed by atoms with van der Waals surface area (Å²) in [6.07, 6.45) is 0. The lowest BCUT2D eigenvalue weighted by atomic mass is 10.1. The number of hydrogen-bond donors (Lipinski definition) is 3. The summed E-state index contributed by atoms with van der Waals surface area (Å²) in [4.78, 5) is 25.6. The molecule has 0 saturated heterocycles. The van der Waals surface area contributed by atoms with Crippen LogP contribution >= 0.6 is 0 Å². The Bertz CT molecular complexity index is 1600. The Kier molecular flexibility index (Phi) is 6.80. The number of benzene rings is 2. The van der Waals surface area contributed by atoms with Gasteiger partial charge in [-0.15, -0.1) is 0 Å². The third kappa shape index (κ3) is 5.23. The van der Waals surface area contributed by atoms with Crippen molar-refractivity contribution < 1.29 is 22.1 Å². The average Bonchev–Trinajstić information content (AvgIpc) is 3.22. The van der Waals surface area contributed by atoms with Crippen LogP contribution in [0.5, 0.6) is 0 Å². The van der Waals surface area contributed by atoms with E-state index in [1.807, 2.05) is 0 Å². The Morgan fingerprint density at radius 2 is 1.89 bits per heavy atom. The van der Waals surface area contributed by atoms with Gasteiger partial charge in [-0.25, -0.2) is 12.8 Å². The number of aromatic nitrogens is 2. The second kappa shape index (κ2) is 9.82. The maximum atomic E-state index is 13.2. The van der Waals surface area contributed by atoms with Crippen LogP contribution in [0.1, 0.15) is 29.0 Å². The number of rotatable bonds is 8. The number of pyridine rings is 1. The fourth-order valence-electron chi connectivity index (χ4n) is 3.61. The molecule has 0 fully saturated rings. The van der Waals surface area contributed by atoms with Gasteiger partial charge < -0.3 is 20.1 Å². The zero-order chi connectivity index (χ0) is 26.0. The van der Waals surface area contributed by atoms with Gasteiger partial charge in [-0.3, -0.25) is 14.3 Å². The summed E-state index contributed by atoms with van der Waals surface area (Å²) in [7, 11) is -4.03. The topological polar surface area (TPSA) is 149 Å². The molecule has 4 aromatic rings. The number of nitrogen functional groups attached to an aromatic ring is 1. The number of amides is 1. The largest absolute Gasteiger partial charge is 0.380 e. The number of carbonyl (C=O) groups excluding carboxylic acids is 1. The van der Waals surface area contributed by atoms with Crippen molar-refractivity contribution in [2.45, 2.75) is 32.2 Å². The second-order valence-electron chi connectivity index (χ2n) is 8.30. The van der Waals surface area contributed by atoms with Crippen LogP contribution in [0.4, 0.5) is 15.9 Å². The second-order valence-corrected chi connectivity index (χ2v) is 10.3. The van der Waals surface area contributed by atoms with Gasteiger partial charge in [-0.1, -0.05) is 23.4 Å². The van der Waals surface area contributed by atoms with Crippen LogP contribution in [0.2, 0.25) is 0 Å². The SMILES string of the molecule is Cc1ccc(NS(=O)(=O)[C@H](C)c2ccc(F)cc2)c(=O)n1CC(=O)NCc1ccc2c(N)noc2c1. The number of anilines is 2. The quantitative estimate of drug-likeness (QED) is 0.328. The number of carbonyl (C=O) groups is 1. The van der Waals surface area contributed by atoms with Gasteiger partial charge in [0, 0.05) is 12.2 Å². The lowest BCUT2D eigenvalue weighted by Crippen LogP contribution is -2.34. The Morgan fingerprint density at radius 1 is 1.17 bits per heavy atom. The molecule has 188 valence electrons. The maximum Gasteiger partial charge on any atom is 0.275 e. The molecule has 4 N–H and O–H groups in total. The molecule has 1 amide bonds. The Balaban J connectivity index is 1.47. The number of sulfonamides is 1. The number of hydrogen-bond acceptors (Lipinski definition) is 7. The normalized spacial score (nSPS) is 12.4. The van der Waals surface area contributed by atoms with Gasteiger partial charge in [0.25, 0.3) is 5.56 Å². The molecule has 10 nitrogen and oxygen atoms in total. The van der Waals surface area contributed by atoms with Crippen molar-refractivity contribution >= 4 is 38.4 Å². The highest BCUT2D eigenvalue weighted by molar-refractivity contribution is 7.92. The predicted octanol–water partition coefficient (Wildman–Crippen LogP) is 2.84. The third-order valence-corrected chi connectivity index (χ3v) is 7.51. The Hall–Kier alpha value is -4.19. The summed E-state index contributed by atoms with van der Waals surface area (Å²) in [5, 5.41) is 6.03. The van der Waals surface area contributed by atoms with Gasteiger partial charge in [0.05, 0.1) is 5.39 Å². The molecule has 0 aliphatic carbocycles. The summed E-state index contributed by atoms with van der Waals surface area (Å²) in [5.74, 6) is -0.658. The van der Waals surface area contributed by atoms with E-state index in [4.69, 9.17) is 10.3 Å². The molecule has 0 radical (unpaired) electrons. The van der Waals surface area contributed by atoms with E-state index in [2.05, 4.69) is 15.2 Å². The first-order chi connectivity index (χ1) is 17.0. The monoisotopic (exact) mass is 513 g/mol. The fourth-order valence-corrected chi connectivity index (χ4v) is 4.77. The van der Waals surface area contributed by atoms with Crippen molar-refractivity contribution in [2.75, 3.05) is 10.5 Å². The first-order valence-corrected chi connectivity index (χ1v) is 12.5. The van der Waals surface area contributed by atoms with Gasteiger partial charge in [0.2, 0.25) is 15.9 Å². The lowest BCUT2D eigenvalue weighted by Gasteiger charge is -2.17. The number of nitrogens with two attached hydrogens (primary N) is 1. The summed E-state index contributed by atoms with van der Waals surface area (Å²) in [6.45, 7) is 2.92. The minimum absolute atomic E-state index is 0.171. The summed E-state index contributed by atoms with van der Waals surface area (Å²) < 4.78 is 47.5. The minimum Gasteiger partial charge on any atom is -0.380 e. The van der Waals surface area contributed by atoms with Gasteiger partial charge in [0.15, 0.2) is 11.4 Å². The molecule has 0 bridgehead atoms. The smallest absolute Gasteiger partial charge is 0.275 e. The van der Waals surface area contributed by atoms with Gasteiger partial charge in [-0.05, 0) is 61.4 Å². The van der Waals surface area contributed by atoms with E-state index in [1.165, 1.54) is 35.8 Å². The molecule has 0 spiro atoms. The molecule has 0 saturated carbocycles. The van der Waals surface area contributed by atoms with Crippen LogP contribution in [-0.2, 0) is 27.9 Å². The van der Waals surface area contributed by atoms with E-state index in [1.54, 1.807) is 25.1 Å². The molecule has 2 aromatic heterocycles. The van der Waals surface area contributed by atoms with Crippen molar-refractivity contribution in [3.05, 3.63) is 87.6 Å². The van der Waals surface area contributed by atoms with Crippen LogP contribution in [0.15, 0.2) is 63.9 Å². The summed E-state index contributed by atoms with van der Waals surface area (Å²) in [6, 6.07) is 13.2. The first-order valence-electron chi connectivity index (χ1n) is 10.9. The van der Waals surface area contributed by atoms with E-state index in [0.29, 0.717) is 22.2 Å². The molecular formula is C24H24FN5O5S. The molecular weight excluding hydrogens is 489 g/mol. The number of nitrogens with zero attached hydrogens (tertiary/aromatic N) is 2. The molecule has 0 aliphatic rings. The third-order valence-electron chi connectivity index (χ3n) is 5.81. The summed E-state index contributed by atoms with van der Waals surface area (Å²) in [5.41, 5.74) is 6.90. The molecule has 1 atom stereocenters. The van der Waals surface area contributed by atoms with Crippen LogP contribution in [-0.4, -0.2) is 24.0 Å². The highest BCUT2D eigenvalue weighted by Crippen LogP contribution is 2.24. The van der Waals surface area contributed by atoms with Crippen LogP contribution in [0.25, 0.3) is 11.0 Å². The van der Waals surface area contributed by atoms with Crippen LogP contribution in [0.3, 0.4) is 0 Å². The van der Waals surface area contributed by atoms with E-state index >= 15 is 0 Å². The molecule has 36 heavy (non-hydrogen) atoms. The van der Waals surface area contributed by atoms with E-state index < -0.39 is 32.6 Å². The molecule has 2 heterocycles. The number of nitrogens with one attached hydrogen (secondary N) is 2. The van der Waals surface area contributed by atoms with Crippen molar-refractivity contribution in [3.63, 3.8) is 0 Å². The van der Waals surface area contributed by atoms with Gasteiger partial charge in [-0.2, -0.15) is 0 Å². The van der Waals surface area contributed by atoms with Gasteiger partial charge >= 0.3 is 0 Å². The number of fused-ring (bicyclic) bond motifs is 1. The van der Waals surface area contributed by atoms with Crippen molar-refractivity contribution in [2.24, 2.45) is 0 Å². The Morgan fingerprint density at radius 3 is 2.61 bits per heavy atom. The molecule has 0 unspecified atom stereocenters. The minimum atomic E-state index is -4.03. The van der Waals surface area contributed by atoms with Crippen molar-refractivity contribution in [1.82, 2.24) is 15.0 Å². The lowest BCUT2D eigenvalue weighted by molar-refractivity contribution is -0.121. The van der Waals surface area contributed by atoms with Crippen molar-refractivity contribution in [1.29, 1.82) is 0 Å². The van der Waals surface area contributed by atoms with E-state index in [9.17, 15) is 22.4 Å². The van der Waals surface area contributed by atoms with Gasteiger partial charge in [0.1, 0.15) is 23.3 Å². The first kappa shape index (κ1) is 24.9. The highest BCUT2D eigenvalue weighted by atomic mass is 32.2. The molecule has 12 heteroatoms. The standard InChI is InChI=1S/C24H24FN5O5S/c1-14-3-10-20(29-36(33,34)15(2)17-5-7-18(25)8-6-17)24(32)30(14)13-22(31)27-12-16-4-9-19-21(11-16)35-28-23(19)26/h3-11,15,29H,12-13H2,1-2H3,(H2,26,28)(H,27,31)/t15-/m1/s1. The predicted molar refractivity (Wildman–Crippen MR) is 133 cm³/mol. The summed E-state index contributed by atoms with van der Waals surface area (Å²) >= 11 is 0. The highest BCUT2D eigenvalue weighted by Gasteiger charge is 2.24. The van der Waals surface area contributed by atoms with Crippen molar-refractivity contribution in [3.8, 4) is 0 Å². The number of aryl methyl sites for hydroxylation is 1. The zero-order valence-electron chi connectivity index (χ0n) is 19.5. The van der Waals surface area contributed by atoms with E-state index in [0.717, 1.165) is 17.7 Å². The maximum absolute atomic E-state index is 13.2. The average molecular weight is 514 g/mol. The van der Waals surface area contributed by atoms with Crippen LogP contribution in [0, 0.1) is 12.7 Å². The van der Waals surface area contributed by atoms with Crippen LogP contribution < -0.4 is 21.3 Å². The molecule has 4 rings (SSSR count). The zero-order valence-corrected chi connectivity index (χ0v) is 20.3.